The number of barbiturate groups is 1. The van der Waals surface area contributed by atoms with Crippen LogP contribution < -0.4 is 15.1 Å². The Bertz CT molecular complexity index is 1060. The third-order valence-corrected chi connectivity index (χ3v) is 5.10. The zero-order valence-electron chi connectivity index (χ0n) is 16.4. The maximum absolute atomic E-state index is 13.6. The van der Waals surface area contributed by atoms with Crippen molar-refractivity contribution in [1.82, 2.24) is 5.32 Å². The number of aryl methyl sites for hydroxylation is 1. The van der Waals surface area contributed by atoms with Crippen LogP contribution in [0.15, 0.2) is 48.0 Å². The van der Waals surface area contributed by atoms with Crippen LogP contribution in [0.5, 0.6) is 0 Å². The highest BCUT2D eigenvalue weighted by molar-refractivity contribution is 6.39. The quantitative estimate of drug-likeness (QED) is 0.623. The van der Waals surface area contributed by atoms with Crippen molar-refractivity contribution >= 4 is 35.3 Å². The molecule has 2 heterocycles. The van der Waals surface area contributed by atoms with E-state index in [0.717, 1.165) is 35.3 Å². The van der Waals surface area contributed by atoms with E-state index in [9.17, 15) is 18.8 Å². The molecule has 8 heteroatoms. The summed E-state index contributed by atoms with van der Waals surface area (Å²) >= 11 is 0. The van der Waals surface area contributed by atoms with Crippen LogP contribution in [0, 0.1) is 12.7 Å². The topological polar surface area (TPSA) is 79.0 Å². The first kappa shape index (κ1) is 19.8. The number of rotatable bonds is 3. The molecule has 0 radical (unpaired) electrons. The summed E-state index contributed by atoms with van der Waals surface area (Å²) in [5, 5.41) is 2.14. The summed E-state index contributed by atoms with van der Waals surface area (Å²) in [5.74, 6) is -2.18. The van der Waals surface area contributed by atoms with E-state index in [1.54, 1.807) is 0 Å². The van der Waals surface area contributed by atoms with Crippen LogP contribution in [0.25, 0.3) is 6.08 Å². The number of anilines is 2. The van der Waals surface area contributed by atoms with Crippen molar-refractivity contribution in [3.8, 4) is 0 Å². The smallest absolute Gasteiger partial charge is 0.335 e. The highest BCUT2D eigenvalue weighted by Crippen LogP contribution is 2.25. The molecule has 0 aromatic heterocycles. The molecule has 0 saturated carbocycles. The fourth-order valence-electron chi connectivity index (χ4n) is 3.50. The molecular weight excluding hydrogens is 389 g/mol. The van der Waals surface area contributed by atoms with Crippen molar-refractivity contribution in [3.63, 3.8) is 0 Å². The Balaban J connectivity index is 1.65. The molecule has 0 bridgehead atoms. The predicted molar refractivity (Wildman–Crippen MR) is 110 cm³/mol. The summed E-state index contributed by atoms with van der Waals surface area (Å²) in [7, 11) is 0. The molecular formula is C22H20FN3O4. The van der Waals surface area contributed by atoms with Crippen molar-refractivity contribution < 1.29 is 23.5 Å². The van der Waals surface area contributed by atoms with Gasteiger partial charge in [0.25, 0.3) is 11.8 Å². The molecule has 2 saturated heterocycles. The molecule has 2 aromatic rings. The van der Waals surface area contributed by atoms with Crippen LogP contribution in [-0.2, 0) is 14.3 Å². The minimum absolute atomic E-state index is 0.0512. The molecule has 4 rings (SSSR count). The second-order valence-corrected chi connectivity index (χ2v) is 7.08. The number of ether oxygens (including phenoxy) is 1. The molecule has 154 valence electrons. The van der Waals surface area contributed by atoms with Gasteiger partial charge in [0.1, 0.15) is 11.4 Å². The number of amides is 4. The minimum Gasteiger partial charge on any atom is -0.378 e. The largest absolute Gasteiger partial charge is 0.378 e. The van der Waals surface area contributed by atoms with Crippen molar-refractivity contribution in [2.75, 3.05) is 36.1 Å². The summed E-state index contributed by atoms with van der Waals surface area (Å²) in [6, 6.07) is 9.91. The molecule has 2 aromatic carbocycles. The van der Waals surface area contributed by atoms with E-state index in [0.29, 0.717) is 18.8 Å². The standard InChI is InChI=1S/C22H20FN3O4/c1-14-11-17(25-7-9-30-10-8-25)6-5-15(14)12-19-20(27)24-22(29)26(21(19)28)18-4-2-3-16(23)13-18/h2-6,11-13H,7-10H2,1H3,(H,24,27,29)/b19-12+. The van der Waals surface area contributed by atoms with Crippen molar-refractivity contribution in [3.05, 3.63) is 65.0 Å². The fourth-order valence-corrected chi connectivity index (χ4v) is 3.50. The molecule has 30 heavy (non-hydrogen) atoms. The SMILES string of the molecule is Cc1cc(N2CCOCC2)ccc1/C=C1\C(=O)NC(=O)N(c2cccc(F)c2)C1=O. The van der Waals surface area contributed by atoms with Gasteiger partial charge in [0, 0.05) is 18.8 Å². The van der Waals surface area contributed by atoms with E-state index in [1.807, 2.05) is 25.1 Å². The van der Waals surface area contributed by atoms with Gasteiger partial charge in [-0.15, -0.1) is 0 Å². The minimum atomic E-state index is -0.910. The number of nitrogens with zero attached hydrogens (tertiary/aromatic N) is 2. The molecule has 0 unspecified atom stereocenters. The zero-order chi connectivity index (χ0) is 21.3. The average molecular weight is 409 g/mol. The molecule has 4 amide bonds. The number of imide groups is 2. The summed E-state index contributed by atoms with van der Waals surface area (Å²) < 4.78 is 19.0. The molecule has 2 aliphatic heterocycles. The number of carbonyl (C=O) groups excluding carboxylic acids is 3. The van der Waals surface area contributed by atoms with Gasteiger partial charge in [-0.3, -0.25) is 14.9 Å². The first-order valence-electron chi connectivity index (χ1n) is 9.54. The maximum atomic E-state index is 13.6. The second-order valence-electron chi connectivity index (χ2n) is 7.08. The van der Waals surface area contributed by atoms with Gasteiger partial charge in [-0.05, 0) is 54.5 Å². The lowest BCUT2D eigenvalue weighted by molar-refractivity contribution is -0.122. The van der Waals surface area contributed by atoms with Crippen LogP contribution in [0.3, 0.4) is 0 Å². The van der Waals surface area contributed by atoms with Gasteiger partial charge in [0.2, 0.25) is 0 Å². The Morgan fingerprint density at radius 2 is 1.80 bits per heavy atom. The molecule has 7 nitrogen and oxygen atoms in total. The summed E-state index contributed by atoms with van der Waals surface area (Å²) in [4.78, 5) is 40.4. The fraction of sp³-hybridized carbons (Fsp3) is 0.227. The Morgan fingerprint density at radius 3 is 2.50 bits per heavy atom. The highest BCUT2D eigenvalue weighted by atomic mass is 19.1. The Hall–Kier alpha value is -3.52. The van der Waals surface area contributed by atoms with E-state index in [-0.39, 0.29) is 11.3 Å². The molecule has 2 aliphatic rings. The molecule has 0 atom stereocenters. The van der Waals surface area contributed by atoms with Crippen LogP contribution in [0.2, 0.25) is 0 Å². The zero-order valence-corrected chi connectivity index (χ0v) is 16.4. The van der Waals surface area contributed by atoms with E-state index in [2.05, 4.69) is 10.2 Å². The summed E-state index contributed by atoms with van der Waals surface area (Å²) in [6.07, 6.45) is 1.45. The average Bonchev–Trinajstić information content (AvgIpc) is 2.72. The van der Waals surface area contributed by atoms with E-state index < -0.39 is 23.7 Å². The molecule has 2 fully saturated rings. The highest BCUT2D eigenvalue weighted by Gasteiger charge is 2.37. The summed E-state index contributed by atoms with van der Waals surface area (Å²) in [5.41, 5.74) is 2.45. The molecule has 1 N–H and O–H groups in total. The number of morpholine rings is 1. The number of benzene rings is 2. The Labute approximate surface area is 172 Å². The first-order chi connectivity index (χ1) is 14.4. The Kier molecular flexibility index (Phi) is 5.33. The number of halogens is 1. The van der Waals surface area contributed by atoms with Gasteiger partial charge in [-0.1, -0.05) is 12.1 Å². The van der Waals surface area contributed by atoms with Crippen LogP contribution >= 0.6 is 0 Å². The van der Waals surface area contributed by atoms with Gasteiger partial charge in [-0.2, -0.15) is 0 Å². The Morgan fingerprint density at radius 1 is 1.03 bits per heavy atom. The monoisotopic (exact) mass is 409 g/mol. The van der Waals surface area contributed by atoms with Gasteiger partial charge >= 0.3 is 6.03 Å². The van der Waals surface area contributed by atoms with E-state index in [4.69, 9.17) is 4.74 Å². The van der Waals surface area contributed by atoms with Crippen LogP contribution in [0.1, 0.15) is 11.1 Å². The van der Waals surface area contributed by atoms with E-state index >= 15 is 0 Å². The van der Waals surface area contributed by atoms with Crippen molar-refractivity contribution in [2.24, 2.45) is 0 Å². The van der Waals surface area contributed by atoms with Gasteiger partial charge in [0.15, 0.2) is 0 Å². The predicted octanol–water partition coefficient (Wildman–Crippen LogP) is 2.64. The van der Waals surface area contributed by atoms with Gasteiger partial charge in [0.05, 0.1) is 18.9 Å². The number of carbonyl (C=O) groups is 3. The lowest BCUT2D eigenvalue weighted by atomic mass is 10.0. The number of nitrogens with one attached hydrogen (secondary N) is 1. The summed E-state index contributed by atoms with van der Waals surface area (Å²) in [6.45, 7) is 4.82. The lowest BCUT2D eigenvalue weighted by Crippen LogP contribution is -2.54. The molecule has 0 spiro atoms. The van der Waals surface area contributed by atoms with Crippen molar-refractivity contribution in [2.45, 2.75) is 6.92 Å². The third kappa shape index (κ3) is 3.81. The van der Waals surface area contributed by atoms with Gasteiger partial charge < -0.3 is 9.64 Å². The van der Waals surface area contributed by atoms with Crippen LogP contribution in [-0.4, -0.2) is 44.1 Å². The normalized spacial score (nSPS) is 18.7. The molecule has 0 aliphatic carbocycles. The number of hydrogen-bond donors (Lipinski definition) is 1. The second kappa shape index (κ2) is 8.08. The maximum Gasteiger partial charge on any atom is 0.335 e. The first-order valence-corrected chi connectivity index (χ1v) is 9.54. The lowest BCUT2D eigenvalue weighted by Gasteiger charge is -2.29. The number of urea groups is 1. The van der Waals surface area contributed by atoms with Gasteiger partial charge in [-0.25, -0.2) is 14.1 Å². The number of hydrogen-bond acceptors (Lipinski definition) is 5. The van der Waals surface area contributed by atoms with Crippen molar-refractivity contribution in [1.29, 1.82) is 0 Å². The van der Waals surface area contributed by atoms with Crippen LogP contribution in [0.4, 0.5) is 20.6 Å². The third-order valence-electron chi connectivity index (χ3n) is 5.10. The van der Waals surface area contributed by atoms with E-state index in [1.165, 1.54) is 24.3 Å².